The summed E-state index contributed by atoms with van der Waals surface area (Å²) in [5, 5.41) is 1.53. The molecule has 3 aromatic carbocycles. The Bertz CT molecular complexity index is 2340. The Morgan fingerprint density at radius 1 is 0.759 bits per heavy atom. The first-order chi connectivity index (χ1) is 26.1. The Kier molecular flexibility index (Phi) is 11.4. The first kappa shape index (κ1) is 45.8. The normalized spacial score (nSPS) is 28.0. The molecule has 4 atom stereocenters. The van der Waals surface area contributed by atoms with Crippen molar-refractivity contribution in [2.24, 2.45) is 38.9 Å². The molecule has 0 spiro atoms. The summed E-state index contributed by atoms with van der Waals surface area (Å²) in [5.41, 5.74) is 10.0. The molecular formula is C53H66Cl4Zr. The van der Waals surface area contributed by atoms with E-state index in [-0.39, 0.29) is 57.8 Å². The van der Waals surface area contributed by atoms with Crippen molar-refractivity contribution in [1.29, 1.82) is 0 Å². The maximum atomic E-state index is 6.90. The van der Waals surface area contributed by atoms with Crippen LogP contribution < -0.4 is 6.54 Å². The predicted octanol–water partition coefficient (Wildman–Crippen LogP) is 15.4. The van der Waals surface area contributed by atoms with Crippen LogP contribution in [0.1, 0.15) is 113 Å². The third-order valence-corrected chi connectivity index (χ3v) is 38.7. The fourth-order valence-electron chi connectivity index (χ4n) is 13.9. The van der Waals surface area contributed by atoms with E-state index in [0.29, 0.717) is 5.92 Å². The molecule has 0 aromatic heterocycles. The van der Waals surface area contributed by atoms with Crippen LogP contribution in [0.15, 0.2) is 123 Å². The Hall–Kier alpha value is -1.73. The fraction of sp³-hybridized carbons (Fsp3) is 0.453. The molecule has 3 aromatic rings. The molecule has 0 heterocycles. The molecule has 1 saturated carbocycles. The van der Waals surface area contributed by atoms with Gasteiger partial charge >= 0.3 is 352 Å². The van der Waals surface area contributed by atoms with E-state index in [1.165, 1.54) is 28.8 Å². The number of fused-ring (bicyclic) bond motifs is 6. The van der Waals surface area contributed by atoms with Crippen molar-refractivity contribution in [3.8, 4) is 0 Å². The fourth-order valence-corrected chi connectivity index (χ4v) is 35.7. The van der Waals surface area contributed by atoms with Gasteiger partial charge in [-0.2, -0.15) is 0 Å². The van der Waals surface area contributed by atoms with Crippen LogP contribution in [0.5, 0.6) is 0 Å². The molecule has 5 aliphatic rings. The van der Waals surface area contributed by atoms with Gasteiger partial charge in [0.05, 0.1) is 0 Å². The van der Waals surface area contributed by atoms with Gasteiger partial charge in [0, 0.05) is 0 Å². The number of benzene rings is 3. The van der Waals surface area contributed by atoms with E-state index in [0.717, 1.165) is 35.7 Å². The molecule has 0 N–H and O–H groups in total. The molecule has 5 heteroatoms. The molecule has 4 unspecified atom stereocenters. The topological polar surface area (TPSA) is 0 Å². The Labute approximate surface area is 374 Å². The van der Waals surface area contributed by atoms with Crippen LogP contribution in [-0.2, 0) is 24.7 Å². The molecule has 310 valence electrons. The second kappa shape index (κ2) is 14.4. The van der Waals surface area contributed by atoms with Crippen LogP contribution in [0, 0.1) is 38.9 Å². The quantitative estimate of drug-likeness (QED) is 0.239. The zero-order chi connectivity index (χ0) is 40.7. The third kappa shape index (κ3) is 5.31. The van der Waals surface area contributed by atoms with Crippen LogP contribution in [0.3, 0.4) is 0 Å². The molecule has 58 heavy (non-hydrogen) atoms. The van der Waals surface area contributed by atoms with Gasteiger partial charge in [0.1, 0.15) is 0 Å². The Morgan fingerprint density at radius 3 is 1.84 bits per heavy atom. The summed E-state index contributed by atoms with van der Waals surface area (Å²) in [6.45, 7) is 30.9. The van der Waals surface area contributed by atoms with Gasteiger partial charge in [-0.05, 0) is 0 Å². The van der Waals surface area contributed by atoms with Crippen molar-refractivity contribution in [3.63, 3.8) is 0 Å². The zero-order valence-electron chi connectivity index (χ0n) is 37.0. The number of allylic oxidation sites excluding steroid dienone is 10. The first-order valence-electron chi connectivity index (χ1n) is 21.3. The van der Waals surface area contributed by atoms with Gasteiger partial charge in [-0.15, -0.1) is 24.8 Å². The molecule has 0 bridgehead atoms. The van der Waals surface area contributed by atoms with E-state index in [4.69, 9.17) is 27.4 Å². The molecule has 1 fully saturated rings. The van der Waals surface area contributed by atoms with Crippen molar-refractivity contribution in [2.45, 2.75) is 112 Å². The van der Waals surface area contributed by atoms with Crippen LogP contribution in [0.4, 0.5) is 0 Å². The maximum absolute atomic E-state index is 6.90. The minimum absolute atomic E-state index is 0. The molecule has 0 amide bonds. The molecule has 5 aliphatic carbocycles. The van der Waals surface area contributed by atoms with E-state index in [2.05, 4.69) is 180 Å². The second-order valence-electron chi connectivity index (χ2n) is 21.2. The summed E-state index contributed by atoms with van der Waals surface area (Å²) in [7, 11) is 0. The van der Waals surface area contributed by atoms with E-state index in [1.807, 2.05) is 0 Å². The van der Waals surface area contributed by atoms with E-state index in [1.54, 1.807) is 20.0 Å². The van der Waals surface area contributed by atoms with Gasteiger partial charge < -0.3 is 0 Å². The standard InChI is InChI=1S/C29H37.C11H17.2C6H4Cl.CH2.2ClH.Zr/c1-18-25-22-17-19-13-9-10-14-20(19)24(22)21-15-11-12-16-23(21)29(25,8)28(6,7)27(4,5)26(18,2)3;1-5-9-6-7-10(8-9)11(2,3)4;2*7-6-4-2-1-3-5-6;;;;/h9-11,13-15,23H,12,16-17H2,1-8H3;7-9H,5H2,1-4H3;2*2-5H;1H2;2*1H;. The summed E-state index contributed by atoms with van der Waals surface area (Å²) < 4.78 is 10.2. The number of halogens is 4. The van der Waals surface area contributed by atoms with Gasteiger partial charge in [-0.3, -0.25) is 0 Å². The average Bonchev–Trinajstić information content (AvgIpc) is 3.78. The first-order valence-corrected chi connectivity index (χ1v) is 28.7. The summed E-state index contributed by atoms with van der Waals surface area (Å²) >= 11 is 8.29. The summed E-state index contributed by atoms with van der Waals surface area (Å²) in [4.78, 5) is 0. The molecule has 0 radical (unpaired) electrons. The molecule has 0 nitrogen and oxygen atoms in total. The van der Waals surface area contributed by atoms with Crippen molar-refractivity contribution >= 4 is 64.3 Å². The number of hydrogen-bond donors (Lipinski definition) is 0. The van der Waals surface area contributed by atoms with Crippen LogP contribution in [0.25, 0.3) is 5.57 Å². The molecule has 8 rings (SSSR count). The Balaban J connectivity index is 0.00000283. The molecular weight excluding hydrogens is 870 g/mol. The molecule has 0 saturated heterocycles. The van der Waals surface area contributed by atoms with E-state index < -0.39 is 21.4 Å². The van der Waals surface area contributed by atoms with Crippen LogP contribution in [0.2, 0.25) is 13.2 Å². The average molecular weight is 936 g/mol. The Morgan fingerprint density at radius 2 is 1.31 bits per heavy atom. The summed E-state index contributed by atoms with van der Waals surface area (Å²) in [5.74, 6) is 0.636. The van der Waals surface area contributed by atoms with Crippen molar-refractivity contribution in [3.05, 3.63) is 144 Å². The summed E-state index contributed by atoms with van der Waals surface area (Å²) in [6.07, 6.45) is 14.5. The SMILES string of the molecule is Cl.Cl.[CH2]=[Zr]([C]1=CC(C(C)(C)C)=CC1CC)([c]1ccc(Cl)cc1)([c]1ccc(Cl)cc1)[C]1(C)C2=C3Cc4ccccc4C3=C3C=CCCC3C2(C)C(C)(C)C(C)(C)C1(C)C. The van der Waals surface area contributed by atoms with Crippen molar-refractivity contribution in [1.82, 2.24) is 0 Å². The van der Waals surface area contributed by atoms with Crippen LogP contribution >= 0.6 is 48.0 Å². The monoisotopic (exact) mass is 932 g/mol. The van der Waals surface area contributed by atoms with Gasteiger partial charge in [0.25, 0.3) is 0 Å². The van der Waals surface area contributed by atoms with Gasteiger partial charge in [-0.25, -0.2) is 0 Å². The van der Waals surface area contributed by atoms with Gasteiger partial charge in [0.15, 0.2) is 0 Å². The van der Waals surface area contributed by atoms with Gasteiger partial charge in [-0.1, -0.05) is 0 Å². The molecule has 0 aliphatic heterocycles. The van der Waals surface area contributed by atoms with Crippen molar-refractivity contribution < 1.29 is 18.3 Å². The van der Waals surface area contributed by atoms with E-state index >= 15 is 0 Å². The minimum atomic E-state index is -5.52. The zero-order valence-corrected chi connectivity index (χ0v) is 42.6. The van der Waals surface area contributed by atoms with E-state index in [9.17, 15) is 0 Å². The second-order valence-corrected chi connectivity index (χ2v) is 36.0. The predicted molar refractivity (Wildman–Crippen MR) is 257 cm³/mol. The summed E-state index contributed by atoms with van der Waals surface area (Å²) in [6, 6.07) is 27.6. The number of hydrogen-bond acceptors (Lipinski definition) is 0. The van der Waals surface area contributed by atoms with Crippen LogP contribution in [-0.4, -0.2) is 4.21 Å². The number of rotatable bonds is 5. The van der Waals surface area contributed by atoms with Crippen molar-refractivity contribution in [2.75, 3.05) is 0 Å². The third-order valence-electron chi connectivity index (χ3n) is 18.3. The van der Waals surface area contributed by atoms with Gasteiger partial charge in [0.2, 0.25) is 0 Å².